The zero-order valence-electron chi connectivity index (χ0n) is 12.8. The van der Waals surface area contributed by atoms with E-state index in [0.29, 0.717) is 0 Å². The van der Waals surface area contributed by atoms with Gasteiger partial charge in [0.1, 0.15) is 0 Å². The predicted octanol–water partition coefficient (Wildman–Crippen LogP) is 2.68. The number of nitrogens with zero attached hydrogens (tertiary/aromatic N) is 1. The molecule has 7 heteroatoms. The average molecular weight is 296 g/mol. The number of nitro benzene ring substituents is 1. The molecule has 0 aliphatic heterocycles. The van der Waals surface area contributed by atoms with Crippen molar-refractivity contribution in [3.05, 3.63) is 33.9 Å². The SMILES string of the molecule is CC.CC(=O)Oc1ccc(C(=O)NC(C)C)cc1[N+](=O)[O-]. The first kappa shape index (κ1) is 18.6. The van der Waals surface area contributed by atoms with Crippen molar-refractivity contribution in [2.45, 2.75) is 40.7 Å². The number of hydrogen-bond donors (Lipinski definition) is 1. The van der Waals surface area contributed by atoms with Crippen LogP contribution in [0.15, 0.2) is 18.2 Å². The topological polar surface area (TPSA) is 98.5 Å². The molecule has 0 saturated heterocycles. The largest absolute Gasteiger partial charge is 0.419 e. The van der Waals surface area contributed by atoms with E-state index in [1.54, 1.807) is 13.8 Å². The van der Waals surface area contributed by atoms with Crippen molar-refractivity contribution in [1.29, 1.82) is 0 Å². The Bertz CT molecular complexity index is 526. The van der Waals surface area contributed by atoms with Gasteiger partial charge in [0.25, 0.3) is 5.91 Å². The minimum absolute atomic E-state index is 0.0836. The standard InChI is InChI=1S/C12H14N2O5.C2H6/c1-7(2)13-12(16)9-4-5-11(19-8(3)15)10(6-9)14(17)18;1-2/h4-7H,1-3H3,(H,13,16);1-2H3. The number of carbonyl (C=O) groups excluding carboxylic acids is 2. The van der Waals surface area contributed by atoms with E-state index in [-0.39, 0.29) is 17.4 Å². The molecular weight excluding hydrogens is 276 g/mol. The zero-order chi connectivity index (χ0) is 16.6. The lowest BCUT2D eigenvalue weighted by molar-refractivity contribution is -0.385. The van der Waals surface area contributed by atoms with Gasteiger partial charge in [-0.2, -0.15) is 0 Å². The summed E-state index contributed by atoms with van der Waals surface area (Å²) in [6.45, 7) is 8.70. The van der Waals surface area contributed by atoms with E-state index in [9.17, 15) is 19.7 Å². The molecule has 7 nitrogen and oxygen atoms in total. The lowest BCUT2D eigenvalue weighted by Gasteiger charge is -2.09. The van der Waals surface area contributed by atoms with Gasteiger partial charge in [0.2, 0.25) is 5.75 Å². The summed E-state index contributed by atoms with van der Waals surface area (Å²) in [5, 5.41) is 13.5. The molecule has 0 bridgehead atoms. The second kappa shape index (κ2) is 8.68. The highest BCUT2D eigenvalue weighted by atomic mass is 16.6. The van der Waals surface area contributed by atoms with Crippen LogP contribution in [0.4, 0.5) is 5.69 Å². The molecule has 0 aromatic heterocycles. The van der Waals surface area contributed by atoms with Crippen molar-refractivity contribution in [2.75, 3.05) is 0 Å². The van der Waals surface area contributed by atoms with E-state index in [2.05, 4.69) is 5.32 Å². The van der Waals surface area contributed by atoms with Crippen LogP contribution in [-0.2, 0) is 4.79 Å². The maximum atomic E-state index is 11.7. The van der Waals surface area contributed by atoms with Gasteiger partial charge < -0.3 is 10.1 Å². The molecule has 1 N–H and O–H groups in total. The maximum Gasteiger partial charge on any atom is 0.312 e. The second-order valence-corrected chi connectivity index (χ2v) is 4.16. The van der Waals surface area contributed by atoms with Crippen LogP contribution < -0.4 is 10.1 Å². The number of carbonyl (C=O) groups is 2. The van der Waals surface area contributed by atoms with E-state index in [1.807, 2.05) is 13.8 Å². The van der Waals surface area contributed by atoms with Crippen molar-refractivity contribution in [3.63, 3.8) is 0 Å². The molecule has 0 spiro atoms. The number of amides is 1. The summed E-state index contributed by atoms with van der Waals surface area (Å²) >= 11 is 0. The fourth-order valence-corrected chi connectivity index (χ4v) is 1.39. The van der Waals surface area contributed by atoms with E-state index in [1.165, 1.54) is 12.1 Å². The Kier molecular flexibility index (Phi) is 7.67. The first-order chi connectivity index (χ1) is 9.81. The smallest absolute Gasteiger partial charge is 0.312 e. The first-order valence-corrected chi connectivity index (χ1v) is 6.59. The van der Waals surface area contributed by atoms with E-state index >= 15 is 0 Å². The lowest BCUT2D eigenvalue weighted by atomic mass is 10.1. The van der Waals surface area contributed by atoms with E-state index < -0.39 is 22.5 Å². The summed E-state index contributed by atoms with van der Waals surface area (Å²) in [6, 6.07) is 3.59. The monoisotopic (exact) mass is 296 g/mol. The Labute approximate surface area is 123 Å². The van der Waals surface area contributed by atoms with Gasteiger partial charge in [-0.25, -0.2) is 0 Å². The van der Waals surface area contributed by atoms with Crippen LogP contribution in [0.2, 0.25) is 0 Å². The van der Waals surface area contributed by atoms with Gasteiger partial charge in [-0.15, -0.1) is 0 Å². The molecule has 0 unspecified atom stereocenters. The molecule has 0 atom stereocenters. The minimum Gasteiger partial charge on any atom is -0.419 e. The van der Waals surface area contributed by atoms with Crippen LogP contribution in [0.3, 0.4) is 0 Å². The molecule has 1 aromatic rings. The molecule has 116 valence electrons. The van der Waals surface area contributed by atoms with Crippen LogP contribution in [-0.4, -0.2) is 22.8 Å². The fraction of sp³-hybridized carbons (Fsp3) is 0.429. The molecule has 0 heterocycles. The molecule has 1 amide bonds. The van der Waals surface area contributed by atoms with Gasteiger partial charge in [0.15, 0.2) is 0 Å². The quantitative estimate of drug-likeness (QED) is 0.398. The summed E-state index contributed by atoms with van der Waals surface area (Å²) in [4.78, 5) is 32.7. The van der Waals surface area contributed by atoms with Gasteiger partial charge in [0.05, 0.1) is 4.92 Å². The lowest BCUT2D eigenvalue weighted by Crippen LogP contribution is -2.30. The van der Waals surface area contributed by atoms with Crippen molar-refractivity contribution < 1.29 is 19.2 Å². The van der Waals surface area contributed by atoms with Crippen LogP contribution in [0.25, 0.3) is 0 Å². The first-order valence-electron chi connectivity index (χ1n) is 6.59. The molecule has 0 aliphatic carbocycles. The molecule has 0 aliphatic rings. The van der Waals surface area contributed by atoms with Crippen molar-refractivity contribution in [2.24, 2.45) is 0 Å². The Morgan fingerprint density at radius 3 is 2.29 bits per heavy atom. The third-order valence-corrected chi connectivity index (χ3v) is 2.09. The third-order valence-electron chi connectivity index (χ3n) is 2.09. The fourth-order valence-electron chi connectivity index (χ4n) is 1.39. The highest BCUT2D eigenvalue weighted by Crippen LogP contribution is 2.28. The van der Waals surface area contributed by atoms with Crippen LogP contribution >= 0.6 is 0 Å². The zero-order valence-corrected chi connectivity index (χ0v) is 12.8. The summed E-state index contributed by atoms with van der Waals surface area (Å²) in [7, 11) is 0. The van der Waals surface area contributed by atoms with E-state index in [4.69, 9.17) is 4.74 Å². The highest BCUT2D eigenvalue weighted by molar-refractivity contribution is 5.95. The molecule has 21 heavy (non-hydrogen) atoms. The second-order valence-electron chi connectivity index (χ2n) is 4.16. The van der Waals surface area contributed by atoms with Crippen molar-refractivity contribution in [1.82, 2.24) is 5.32 Å². The molecule has 0 fully saturated rings. The number of nitrogens with one attached hydrogen (secondary N) is 1. The summed E-state index contributed by atoms with van der Waals surface area (Å²) < 4.78 is 4.71. The summed E-state index contributed by atoms with van der Waals surface area (Å²) in [5.41, 5.74) is -0.289. The van der Waals surface area contributed by atoms with Crippen molar-refractivity contribution >= 4 is 17.6 Å². The van der Waals surface area contributed by atoms with E-state index in [0.717, 1.165) is 13.0 Å². The Morgan fingerprint density at radius 1 is 1.29 bits per heavy atom. The van der Waals surface area contributed by atoms with Crippen LogP contribution in [0, 0.1) is 10.1 Å². The number of benzene rings is 1. The van der Waals surface area contributed by atoms with Crippen molar-refractivity contribution in [3.8, 4) is 5.75 Å². The number of rotatable bonds is 4. The summed E-state index contributed by atoms with van der Waals surface area (Å²) in [5.74, 6) is -1.27. The molecular formula is C14H20N2O5. The average Bonchev–Trinajstić information content (AvgIpc) is 2.39. The predicted molar refractivity (Wildman–Crippen MR) is 78.4 cm³/mol. The Morgan fingerprint density at radius 2 is 1.86 bits per heavy atom. The molecule has 0 saturated carbocycles. The normalized spacial score (nSPS) is 9.43. The van der Waals surface area contributed by atoms with Gasteiger partial charge in [0, 0.05) is 24.6 Å². The Balaban J connectivity index is 0.00000191. The van der Waals surface area contributed by atoms with Gasteiger partial charge in [-0.3, -0.25) is 19.7 Å². The number of ether oxygens (including phenoxy) is 1. The van der Waals surface area contributed by atoms with Gasteiger partial charge in [-0.1, -0.05) is 13.8 Å². The highest BCUT2D eigenvalue weighted by Gasteiger charge is 2.20. The Hall–Kier alpha value is -2.44. The number of nitro groups is 1. The third kappa shape index (κ3) is 6.03. The summed E-state index contributed by atoms with van der Waals surface area (Å²) in [6.07, 6.45) is 0. The maximum absolute atomic E-state index is 11.7. The molecule has 1 aromatic carbocycles. The number of hydrogen-bond acceptors (Lipinski definition) is 5. The van der Waals surface area contributed by atoms with Crippen LogP contribution in [0.1, 0.15) is 45.0 Å². The molecule has 1 rings (SSSR count). The molecule has 0 radical (unpaired) electrons. The number of esters is 1. The van der Waals surface area contributed by atoms with Crippen LogP contribution in [0.5, 0.6) is 5.75 Å². The van der Waals surface area contributed by atoms with Gasteiger partial charge in [-0.05, 0) is 26.0 Å². The minimum atomic E-state index is -0.704. The van der Waals surface area contributed by atoms with Gasteiger partial charge >= 0.3 is 11.7 Å².